The maximum Gasteiger partial charge on any atom is 0.270 e. The molecule has 0 aliphatic carbocycles. The van der Waals surface area contributed by atoms with Crippen molar-refractivity contribution in [1.82, 2.24) is 10.0 Å². The molecule has 0 aromatic heterocycles. The van der Waals surface area contributed by atoms with Crippen molar-refractivity contribution in [2.24, 2.45) is 0 Å². The first-order valence-electron chi connectivity index (χ1n) is 6.30. The van der Waals surface area contributed by atoms with Crippen LogP contribution in [0.15, 0.2) is 17.0 Å². The number of benzene rings is 1. The van der Waals surface area contributed by atoms with E-state index in [1.54, 1.807) is 13.8 Å². The van der Waals surface area contributed by atoms with E-state index in [1.807, 2.05) is 0 Å². The van der Waals surface area contributed by atoms with Crippen molar-refractivity contribution >= 4 is 28.1 Å². The Labute approximate surface area is 129 Å². The van der Waals surface area contributed by atoms with Crippen molar-refractivity contribution in [3.8, 4) is 0 Å². The Morgan fingerprint density at radius 3 is 2.33 bits per heavy atom. The normalized spacial score (nSPS) is 18.3. The predicted octanol–water partition coefficient (Wildman–Crippen LogP) is 1.27. The molecule has 21 heavy (non-hydrogen) atoms. The van der Waals surface area contributed by atoms with Gasteiger partial charge in [-0.3, -0.25) is 10.1 Å². The standard InChI is InChI=1S/C12H17N3O4S.ClH/c1-8-5-11(15(16)17)6-9(2)12(8)20(18,19)14-10-3-4-13-7-10;/h5-6,10,13-14H,3-4,7H2,1-2H3;1H. The lowest BCUT2D eigenvalue weighted by molar-refractivity contribution is -0.385. The Hall–Kier alpha value is -1.22. The second-order valence-electron chi connectivity index (χ2n) is 4.98. The monoisotopic (exact) mass is 335 g/mol. The molecule has 1 fully saturated rings. The van der Waals surface area contributed by atoms with E-state index in [4.69, 9.17) is 0 Å². The summed E-state index contributed by atoms with van der Waals surface area (Å²) in [5, 5.41) is 13.9. The van der Waals surface area contributed by atoms with E-state index in [0.717, 1.165) is 13.0 Å². The third-order valence-corrected chi connectivity index (χ3v) is 5.13. The highest BCUT2D eigenvalue weighted by Gasteiger charge is 2.26. The summed E-state index contributed by atoms with van der Waals surface area (Å²) in [6.45, 7) is 4.53. The van der Waals surface area contributed by atoms with E-state index in [-0.39, 0.29) is 29.0 Å². The molecule has 0 saturated carbocycles. The minimum Gasteiger partial charge on any atom is -0.315 e. The molecule has 1 aromatic rings. The smallest absolute Gasteiger partial charge is 0.270 e. The number of nitrogens with one attached hydrogen (secondary N) is 2. The highest BCUT2D eigenvalue weighted by atomic mass is 35.5. The van der Waals surface area contributed by atoms with Crippen LogP contribution in [0.2, 0.25) is 0 Å². The fourth-order valence-corrected chi connectivity index (χ4v) is 4.21. The highest BCUT2D eigenvalue weighted by Crippen LogP contribution is 2.26. The van der Waals surface area contributed by atoms with Crippen LogP contribution in [0.1, 0.15) is 17.5 Å². The molecular weight excluding hydrogens is 318 g/mol. The van der Waals surface area contributed by atoms with Gasteiger partial charge in [-0.1, -0.05) is 0 Å². The number of nitro groups is 1. The average Bonchev–Trinajstić information content (AvgIpc) is 2.79. The van der Waals surface area contributed by atoms with Crippen LogP contribution < -0.4 is 10.0 Å². The van der Waals surface area contributed by atoms with Gasteiger partial charge in [0.25, 0.3) is 5.69 Å². The molecule has 2 rings (SSSR count). The maximum atomic E-state index is 12.4. The van der Waals surface area contributed by atoms with Gasteiger partial charge >= 0.3 is 0 Å². The highest BCUT2D eigenvalue weighted by molar-refractivity contribution is 7.89. The lowest BCUT2D eigenvalue weighted by Crippen LogP contribution is -2.36. The molecule has 2 N–H and O–H groups in total. The molecule has 118 valence electrons. The van der Waals surface area contributed by atoms with E-state index >= 15 is 0 Å². The maximum absolute atomic E-state index is 12.4. The number of nitro benzene ring substituents is 1. The van der Waals surface area contributed by atoms with Crippen LogP contribution >= 0.6 is 12.4 Å². The summed E-state index contributed by atoms with van der Waals surface area (Å²) in [5.41, 5.74) is 0.673. The molecule has 1 aromatic carbocycles. The lowest BCUT2D eigenvalue weighted by Gasteiger charge is -2.15. The minimum absolute atomic E-state index is 0. The van der Waals surface area contributed by atoms with Gasteiger partial charge in [-0.15, -0.1) is 12.4 Å². The Morgan fingerprint density at radius 1 is 1.33 bits per heavy atom. The molecule has 0 amide bonds. The van der Waals surface area contributed by atoms with Crippen LogP contribution in [0.3, 0.4) is 0 Å². The Bertz CT molecular complexity index is 619. The number of halogens is 1. The van der Waals surface area contributed by atoms with Crippen molar-refractivity contribution in [2.75, 3.05) is 13.1 Å². The number of sulfonamides is 1. The number of non-ortho nitro benzene ring substituents is 1. The molecule has 0 spiro atoms. The molecule has 1 aliphatic rings. The van der Waals surface area contributed by atoms with Gasteiger partial charge in [-0.2, -0.15) is 0 Å². The predicted molar refractivity (Wildman–Crippen MR) is 81.4 cm³/mol. The molecule has 7 nitrogen and oxygen atoms in total. The fraction of sp³-hybridized carbons (Fsp3) is 0.500. The Morgan fingerprint density at radius 2 is 1.90 bits per heavy atom. The molecule has 1 atom stereocenters. The first-order valence-corrected chi connectivity index (χ1v) is 7.78. The van der Waals surface area contributed by atoms with E-state index in [1.165, 1.54) is 12.1 Å². The summed E-state index contributed by atoms with van der Waals surface area (Å²) in [7, 11) is -3.66. The average molecular weight is 336 g/mol. The third-order valence-electron chi connectivity index (χ3n) is 3.31. The molecule has 0 radical (unpaired) electrons. The zero-order chi connectivity index (χ0) is 14.9. The quantitative estimate of drug-likeness (QED) is 0.637. The molecule has 9 heteroatoms. The van der Waals surface area contributed by atoms with Gasteiger partial charge in [0, 0.05) is 24.7 Å². The van der Waals surface area contributed by atoms with Crippen molar-refractivity contribution in [3.05, 3.63) is 33.4 Å². The molecule has 1 saturated heterocycles. The van der Waals surface area contributed by atoms with Gasteiger partial charge in [0.1, 0.15) is 0 Å². The lowest BCUT2D eigenvalue weighted by atomic mass is 10.1. The second kappa shape index (κ2) is 6.69. The molecule has 0 bridgehead atoms. The summed E-state index contributed by atoms with van der Waals surface area (Å²) in [4.78, 5) is 10.4. The zero-order valence-electron chi connectivity index (χ0n) is 11.8. The third kappa shape index (κ3) is 3.91. The SMILES string of the molecule is Cc1cc([N+](=O)[O-])cc(C)c1S(=O)(=O)NC1CCNC1.Cl. The molecule has 1 aliphatic heterocycles. The number of aryl methyl sites for hydroxylation is 2. The Balaban J connectivity index is 0.00000220. The number of hydrogen-bond donors (Lipinski definition) is 2. The van der Waals surface area contributed by atoms with Crippen molar-refractivity contribution < 1.29 is 13.3 Å². The summed E-state index contributed by atoms with van der Waals surface area (Å²) in [6, 6.07) is 2.44. The largest absolute Gasteiger partial charge is 0.315 e. The van der Waals surface area contributed by atoms with Gasteiger partial charge < -0.3 is 5.32 Å². The number of rotatable bonds is 4. The molecule has 1 unspecified atom stereocenters. The summed E-state index contributed by atoms with van der Waals surface area (Å²) < 4.78 is 27.4. The van der Waals surface area contributed by atoms with Crippen LogP contribution in [0.5, 0.6) is 0 Å². The fourth-order valence-electron chi connectivity index (χ4n) is 2.49. The molecule has 1 heterocycles. The number of hydrogen-bond acceptors (Lipinski definition) is 5. The topological polar surface area (TPSA) is 101 Å². The van der Waals surface area contributed by atoms with Crippen LogP contribution in [-0.4, -0.2) is 32.5 Å². The van der Waals surface area contributed by atoms with Crippen LogP contribution in [0.25, 0.3) is 0 Å². The first kappa shape index (κ1) is 17.8. The summed E-state index contributed by atoms with van der Waals surface area (Å²) >= 11 is 0. The summed E-state index contributed by atoms with van der Waals surface area (Å²) in [5.74, 6) is 0. The van der Waals surface area contributed by atoms with Crippen molar-refractivity contribution in [1.29, 1.82) is 0 Å². The van der Waals surface area contributed by atoms with Gasteiger partial charge in [-0.25, -0.2) is 13.1 Å². The first-order chi connectivity index (χ1) is 9.31. The second-order valence-corrected chi connectivity index (χ2v) is 6.63. The van der Waals surface area contributed by atoms with Crippen molar-refractivity contribution in [3.63, 3.8) is 0 Å². The van der Waals surface area contributed by atoms with Gasteiger partial charge in [0.05, 0.1) is 9.82 Å². The van der Waals surface area contributed by atoms with Gasteiger partial charge in [0.2, 0.25) is 10.0 Å². The molecular formula is C12H18ClN3O4S. The van der Waals surface area contributed by atoms with Crippen LogP contribution in [0, 0.1) is 24.0 Å². The number of nitrogens with zero attached hydrogens (tertiary/aromatic N) is 1. The van der Waals surface area contributed by atoms with Crippen molar-refractivity contribution in [2.45, 2.75) is 31.2 Å². The summed E-state index contributed by atoms with van der Waals surface area (Å²) in [6.07, 6.45) is 0.740. The minimum atomic E-state index is -3.66. The van der Waals surface area contributed by atoms with E-state index in [0.29, 0.717) is 17.7 Å². The zero-order valence-corrected chi connectivity index (χ0v) is 13.4. The van der Waals surface area contributed by atoms with E-state index in [2.05, 4.69) is 10.0 Å². The Kier molecular flexibility index (Phi) is 5.68. The van der Waals surface area contributed by atoms with Gasteiger partial charge in [-0.05, 0) is 37.9 Å². The van der Waals surface area contributed by atoms with E-state index < -0.39 is 14.9 Å². The van der Waals surface area contributed by atoms with Gasteiger partial charge in [0.15, 0.2) is 0 Å². The van der Waals surface area contributed by atoms with E-state index in [9.17, 15) is 18.5 Å². The van der Waals surface area contributed by atoms with Crippen LogP contribution in [-0.2, 0) is 10.0 Å². The van der Waals surface area contributed by atoms with Crippen LogP contribution in [0.4, 0.5) is 5.69 Å².